The van der Waals surface area contributed by atoms with Crippen molar-refractivity contribution in [3.8, 4) is 33.8 Å². The molecule has 5 aromatic rings. The second kappa shape index (κ2) is 8.31. The van der Waals surface area contributed by atoms with E-state index in [0.717, 1.165) is 10.9 Å². The maximum atomic E-state index is 12.8. The average molecular weight is 440 g/mol. The van der Waals surface area contributed by atoms with E-state index in [1.165, 1.54) is 6.07 Å². The predicted octanol–water partition coefficient (Wildman–Crippen LogP) is 5.64. The quantitative estimate of drug-likeness (QED) is 0.329. The molecule has 0 spiro atoms. The highest BCUT2D eigenvalue weighted by Crippen LogP contribution is 2.32. The third-order valence-corrected chi connectivity index (χ3v) is 5.47. The Bertz CT molecular complexity index is 1590. The smallest absolute Gasteiger partial charge is 0.344 e. The Hall–Kier alpha value is -4.32. The molecule has 5 rings (SSSR count). The molecule has 0 aliphatic carbocycles. The molecule has 0 radical (unpaired) electrons. The summed E-state index contributed by atoms with van der Waals surface area (Å²) in [5, 5.41) is 1.49. The lowest BCUT2D eigenvalue weighted by molar-refractivity contribution is 0.340. The van der Waals surface area contributed by atoms with E-state index in [0.29, 0.717) is 51.3 Å². The van der Waals surface area contributed by atoms with E-state index >= 15 is 0 Å². The number of hydrogen-bond donors (Lipinski definition) is 0. The molecule has 0 aliphatic heterocycles. The van der Waals surface area contributed by atoms with Crippen LogP contribution < -0.4 is 20.7 Å². The molecule has 6 nitrogen and oxygen atoms in total. The first kappa shape index (κ1) is 20.6. The molecule has 33 heavy (non-hydrogen) atoms. The van der Waals surface area contributed by atoms with Gasteiger partial charge in [0.1, 0.15) is 22.7 Å². The Balaban J connectivity index is 1.67. The van der Waals surface area contributed by atoms with Gasteiger partial charge in [0.25, 0.3) is 0 Å². The molecule has 0 unspecified atom stereocenters. The summed E-state index contributed by atoms with van der Waals surface area (Å²) < 4.78 is 21.7. The van der Waals surface area contributed by atoms with Crippen molar-refractivity contribution in [2.45, 2.75) is 6.92 Å². The van der Waals surface area contributed by atoms with Crippen LogP contribution >= 0.6 is 0 Å². The Labute approximate surface area is 188 Å². The van der Waals surface area contributed by atoms with Crippen LogP contribution in [0.1, 0.15) is 6.92 Å². The number of methoxy groups -OCH3 is 1. The molecule has 0 saturated heterocycles. The lowest BCUT2D eigenvalue weighted by Gasteiger charge is -2.09. The van der Waals surface area contributed by atoms with Crippen LogP contribution in [0.15, 0.2) is 91.2 Å². The second-order valence-corrected chi connectivity index (χ2v) is 7.50. The minimum absolute atomic E-state index is 0.417. The van der Waals surface area contributed by atoms with Crippen LogP contribution in [0.4, 0.5) is 0 Å². The highest BCUT2D eigenvalue weighted by atomic mass is 16.5. The molecular weight excluding hydrogens is 420 g/mol. The van der Waals surface area contributed by atoms with E-state index in [1.54, 1.807) is 31.4 Å². The number of fused-ring (bicyclic) bond motifs is 2. The predicted molar refractivity (Wildman–Crippen MR) is 127 cm³/mol. The lowest BCUT2D eigenvalue weighted by Crippen LogP contribution is -2.03. The first-order chi connectivity index (χ1) is 16.1. The van der Waals surface area contributed by atoms with Crippen molar-refractivity contribution < 1.29 is 18.3 Å². The number of rotatable bonds is 5. The molecule has 0 atom stereocenters. The van der Waals surface area contributed by atoms with Crippen molar-refractivity contribution in [3.63, 3.8) is 0 Å². The van der Waals surface area contributed by atoms with Crippen molar-refractivity contribution in [3.05, 3.63) is 93.6 Å². The van der Waals surface area contributed by atoms with Gasteiger partial charge < -0.3 is 18.3 Å². The molecule has 0 fully saturated rings. The minimum atomic E-state index is -0.459. The van der Waals surface area contributed by atoms with Crippen LogP contribution in [0.5, 0.6) is 11.5 Å². The van der Waals surface area contributed by atoms with Gasteiger partial charge in [-0.2, -0.15) is 0 Å². The SMILES string of the molecule is CCOc1ccc2cc(-c3ccc4oc(=O)cc(-c5ccc(OC)cc5)c4c3)c(=O)oc2c1. The molecule has 2 aromatic heterocycles. The standard InChI is InChI=1S/C27H20O6/c1-3-31-20-10-6-18-13-22(27(29)33-25(18)14-20)17-7-11-24-23(12-17)21(15-26(28)32-24)16-4-8-19(30-2)9-5-16/h4-15H,3H2,1-2H3. The van der Waals surface area contributed by atoms with Crippen molar-refractivity contribution in [2.75, 3.05) is 13.7 Å². The zero-order valence-electron chi connectivity index (χ0n) is 18.1. The van der Waals surface area contributed by atoms with Crippen molar-refractivity contribution in [2.24, 2.45) is 0 Å². The van der Waals surface area contributed by atoms with E-state index in [9.17, 15) is 9.59 Å². The Morgan fingerprint density at radius 3 is 2.24 bits per heavy atom. The molecule has 0 N–H and O–H groups in total. The minimum Gasteiger partial charge on any atom is -0.497 e. The van der Waals surface area contributed by atoms with Crippen molar-refractivity contribution in [1.29, 1.82) is 0 Å². The molecule has 3 aromatic carbocycles. The van der Waals surface area contributed by atoms with Crippen molar-refractivity contribution >= 4 is 21.9 Å². The second-order valence-electron chi connectivity index (χ2n) is 7.50. The summed E-state index contributed by atoms with van der Waals surface area (Å²) in [4.78, 5) is 25.0. The maximum Gasteiger partial charge on any atom is 0.344 e. The van der Waals surface area contributed by atoms with Crippen LogP contribution in [-0.2, 0) is 0 Å². The van der Waals surface area contributed by atoms with Gasteiger partial charge in [-0.1, -0.05) is 18.2 Å². The van der Waals surface area contributed by atoms with Gasteiger partial charge in [-0.3, -0.25) is 0 Å². The van der Waals surface area contributed by atoms with Crippen LogP contribution in [0.25, 0.3) is 44.2 Å². The Morgan fingerprint density at radius 2 is 1.48 bits per heavy atom. The van der Waals surface area contributed by atoms with Crippen LogP contribution in [-0.4, -0.2) is 13.7 Å². The number of ether oxygens (including phenoxy) is 2. The summed E-state index contributed by atoms with van der Waals surface area (Å²) in [6, 6.07) is 21.3. The molecule has 0 saturated carbocycles. The fraction of sp³-hybridized carbons (Fsp3) is 0.111. The summed E-state index contributed by atoms with van der Waals surface area (Å²) in [7, 11) is 1.60. The summed E-state index contributed by atoms with van der Waals surface area (Å²) >= 11 is 0. The fourth-order valence-electron chi connectivity index (χ4n) is 3.89. The van der Waals surface area contributed by atoms with E-state index < -0.39 is 11.3 Å². The monoisotopic (exact) mass is 440 g/mol. The van der Waals surface area contributed by atoms with Gasteiger partial charge >= 0.3 is 11.3 Å². The van der Waals surface area contributed by atoms with E-state index in [-0.39, 0.29) is 0 Å². The number of benzene rings is 3. The zero-order chi connectivity index (χ0) is 22.9. The van der Waals surface area contributed by atoms with Gasteiger partial charge in [-0.15, -0.1) is 0 Å². The molecule has 164 valence electrons. The molecule has 0 amide bonds. The first-order valence-electron chi connectivity index (χ1n) is 10.5. The first-order valence-corrected chi connectivity index (χ1v) is 10.5. The third kappa shape index (κ3) is 3.87. The molecule has 0 aliphatic rings. The number of hydrogen-bond acceptors (Lipinski definition) is 6. The van der Waals surface area contributed by atoms with Crippen LogP contribution in [0, 0.1) is 0 Å². The highest BCUT2D eigenvalue weighted by molar-refractivity contribution is 5.96. The fourth-order valence-corrected chi connectivity index (χ4v) is 3.89. The molecular formula is C27H20O6. The Morgan fingerprint density at radius 1 is 0.727 bits per heavy atom. The van der Waals surface area contributed by atoms with Crippen LogP contribution in [0.2, 0.25) is 0 Å². The average Bonchev–Trinajstić information content (AvgIpc) is 2.83. The zero-order valence-corrected chi connectivity index (χ0v) is 18.1. The normalized spacial score (nSPS) is 11.1. The summed E-state index contributed by atoms with van der Waals surface area (Å²) in [5.74, 6) is 1.36. The largest absolute Gasteiger partial charge is 0.497 e. The van der Waals surface area contributed by atoms with E-state index in [4.69, 9.17) is 18.3 Å². The van der Waals surface area contributed by atoms with E-state index in [2.05, 4.69) is 0 Å². The van der Waals surface area contributed by atoms with Gasteiger partial charge in [0.2, 0.25) is 0 Å². The van der Waals surface area contributed by atoms with Crippen molar-refractivity contribution in [1.82, 2.24) is 0 Å². The summed E-state index contributed by atoms with van der Waals surface area (Å²) in [6.07, 6.45) is 0. The maximum absolute atomic E-state index is 12.8. The van der Waals surface area contributed by atoms with Gasteiger partial charge in [0.15, 0.2) is 0 Å². The summed E-state index contributed by atoms with van der Waals surface area (Å²) in [5.41, 5.74) is 2.60. The van der Waals surface area contributed by atoms with E-state index in [1.807, 2.05) is 49.4 Å². The lowest BCUT2D eigenvalue weighted by atomic mass is 9.98. The molecule has 2 heterocycles. The molecule has 0 bridgehead atoms. The van der Waals surface area contributed by atoms with Gasteiger partial charge in [0.05, 0.1) is 19.3 Å². The van der Waals surface area contributed by atoms with Gasteiger partial charge in [0, 0.05) is 22.9 Å². The molecule has 6 heteroatoms. The van der Waals surface area contributed by atoms with Gasteiger partial charge in [-0.25, -0.2) is 9.59 Å². The highest BCUT2D eigenvalue weighted by Gasteiger charge is 2.13. The Kier molecular flexibility index (Phi) is 5.18. The van der Waals surface area contributed by atoms with Crippen LogP contribution in [0.3, 0.4) is 0 Å². The topological polar surface area (TPSA) is 78.9 Å². The van der Waals surface area contributed by atoms with Gasteiger partial charge in [-0.05, 0) is 66.1 Å². The summed E-state index contributed by atoms with van der Waals surface area (Å²) in [6.45, 7) is 2.42. The third-order valence-electron chi connectivity index (χ3n) is 5.47.